The maximum absolute atomic E-state index is 13.5. The maximum atomic E-state index is 13.5. The van der Waals surface area contributed by atoms with Crippen LogP contribution in [0.5, 0.6) is 11.5 Å². The predicted octanol–water partition coefficient (Wildman–Crippen LogP) is 4.47. The van der Waals surface area contributed by atoms with Crippen LogP contribution in [0, 0.1) is 0 Å². The molecule has 1 aliphatic carbocycles. The molecule has 0 aromatic heterocycles. The van der Waals surface area contributed by atoms with Crippen LogP contribution < -0.4 is 9.47 Å². The standard InChI is InChI=1S/C22H24ClNO4/c1-24(21(26)16-12-11-15(27-2)14-19(16)28-3)22(13-7-6-10-20(22)25)17-8-4-5-9-18(17)23/h4-5,8-9,11-12,14H,6-7,10,13H2,1-3H3. The highest BCUT2D eigenvalue weighted by atomic mass is 35.5. The fourth-order valence-corrected chi connectivity index (χ4v) is 4.25. The van der Waals surface area contributed by atoms with Crippen LogP contribution in [0.15, 0.2) is 42.5 Å². The second-order valence-electron chi connectivity index (χ2n) is 6.90. The molecule has 1 saturated carbocycles. The number of ether oxygens (including phenoxy) is 2. The van der Waals surface area contributed by atoms with E-state index in [0.717, 1.165) is 12.8 Å². The van der Waals surface area contributed by atoms with Crippen molar-refractivity contribution in [2.45, 2.75) is 31.2 Å². The van der Waals surface area contributed by atoms with Gasteiger partial charge in [-0.25, -0.2) is 0 Å². The first-order valence-electron chi connectivity index (χ1n) is 9.24. The van der Waals surface area contributed by atoms with Gasteiger partial charge in [-0.05, 0) is 37.5 Å². The summed E-state index contributed by atoms with van der Waals surface area (Å²) < 4.78 is 10.6. The molecule has 6 heteroatoms. The fourth-order valence-electron chi connectivity index (χ4n) is 3.96. The number of ketones is 1. The smallest absolute Gasteiger partial charge is 0.258 e. The summed E-state index contributed by atoms with van der Waals surface area (Å²) in [5.41, 5.74) is -0.0428. The van der Waals surface area contributed by atoms with Crippen molar-refractivity contribution in [3.63, 3.8) is 0 Å². The molecule has 1 unspecified atom stereocenters. The Bertz CT molecular complexity index is 898. The second-order valence-corrected chi connectivity index (χ2v) is 7.31. The molecule has 28 heavy (non-hydrogen) atoms. The van der Waals surface area contributed by atoms with Crippen LogP contribution in [0.25, 0.3) is 0 Å². The molecule has 2 aromatic rings. The van der Waals surface area contributed by atoms with E-state index in [0.29, 0.717) is 40.5 Å². The third-order valence-corrected chi connectivity index (χ3v) is 5.82. The van der Waals surface area contributed by atoms with E-state index < -0.39 is 5.54 Å². The molecule has 0 bridgehead atoms. The average Bonchev–Trinajstić information content (AvgIpc) is 2.73. The van der Waals surface area contributed by atoms with Gasteiger partial charge in [0.15, 0.2) is 5.78 Å². The third kappa shape index (κ3) is 3.35. The number of hydrogen-bond acceptors (Lipinski definition) is 4. The Labute approximate surface area is 170 Å². The molecule has 0 aliphatic heterocycles. The quantitative estimate of drug-likeness (QED) is 0.741. The van der Waals surface area contributed by atoms with E-state index >= 15 is 0 Å². The van der Waals surface area contributed by atoms with E-state index in [4.69, 9.17) is 21.1 Å². The molecule has 0 radical (unpaired) electrons. The van der Waals surface area contributed by atoms with Gasteiger partial charge >= 0.3 is 0 Å². The lowest BCUT2D eigenvalue weighted by molar-refractivity contribution is -0.132. The van der Waals surface area contributed by atoms with Gasteiger partial charge in [0.25, 0.3) is 5.91 Å². The van der Waals surface area contributed by atoms with Gasteiger partial charge in [0.05, 0.1) is 19.8 Å². The zero-order chi connectivity index (χ0) is 20.3. The van der Waals surface area contributed by atoms with Crippen molar-refractivity contribution in [1.82, 2.24) is 4.90 Å². The van der Waals surface area contributed by atoms with E-state index in [1.807, 2.05) is 18.2 Å². The number of Topliss-reactive ketones (excluding diaryl/α,β-unsaturated/α-hetero) is 1. The average molecular weight is 402 g/mol. The van der Waals surface area contributed by atoms with E-state index in [1.165, 1.54) is 12.0 Å². The maximum Gasteiger partial charge on any atom is 0.258 e. The molecule has 1 fully saturated rings. The lowest BCUT2D eigenvalue weighted by atomic mass is 9.74. The Balaban J connectivity index is 2.10. The number of carbonyl (C=O) groups excluding carboxylic acids is 2. The molecule has 2 aromatic carbocycles. The van der Waals surface area contributed by atoms with Gasteiger partial charge in [-0.2, -0.15) is 0 Å². The van der Waals surface area contributed by atoms with E-state index in [2.05, 4.69) is 0 Å². The highest BCUT2D eigenvalue weighted by Gasteiger charge is 2.48. The van der Waals surface area contributed by atoms with Gasteiger partial charge in [-0.1, -0.05) is 29.8 Å². The van der Waals surface area contributed by atoms with Crippen LogP contribution in [-0.4, -0.2) is 37.9 Å². The summed E-state index contributed by atoms with van der Waals surface area (Å²) in [6.07, 6.45) is 2.62. The number of likely N-dealkylation sites (N-methyl/N-ethyl adjacent to an activating group) is 1. The lowest BCUT2D eigenvalue weighted by Crippen LogP contribution is -2.54. The van der Waals surface area contributed by atoms with Crippen LogP contribution in [0.1, 0.15) is 41.6 Å². The number of halogens is 1. The number of hydrogen-bond donors (Lipinski definition) is 0. The number of amides is 1. The summed E-state index contributed by atoms with van der Waals surface area (Å²) in [7, 11) is 4.72. The molecule has 5 nitrogen and oxygen atoms in total. The van der Waals surface area contributed by atoms with Crippen molar-refractivity contribution in [2.24, 2.45) is 0 Å². The first-order chi connectivity index (χ1) is 13.5. The molecule has 3 rings (SSSR count). The van der Waals surface area contributed by atoms with Gasteiger partial charge in [0, 0.05) is 30.1 Å². The van der Waals surface area contributed by atoms with E-state index in [-0.39, 0.29) is 11.7 Å². The van der Waals surface area contributed by atoms with Gasteiger partial charge in [-0.15, -0.1) is 0 Å². The van der Waals surface area contributed by atoms with Crippen molar-refractivity contribution in [1.29, 1.82) is 0 Å². The second kappa shape index (κ2) is 8.23. The molecule has 0 spiro atoms. The minimum absolute atomic E-state index is 0.00942. The summed E-state index contributed by atoms with van der Waals surface area (Å²) in [4.78, 5) is 28.2. The number of nitrogens with zero attached hydrogens (tertiary/aromatic N) is 1. The molecule has 1 amide bonds. The molecule has 0 N–H and O–H groups in total. The summed E-state index contributed by atoms with van der Waals surface area (Å²) in [6.45, 7) is 0. The zero-order valence-electron chi connectivity index (χ0n) is 16.3. The van der Waals surface area contributed by atoms with Gasteiger partial charge in [0.1, 0.15) is 17.0 Å². The molecule has 1 atom stereocenters. The minimum atomic E-state index is -1.08. The van der Waals surface area contributed by atoms with Gasteiger partial charge in [-0.3, -0.25) is 9.59 Å². The topological polar surface area (TPSA) is 55.8 Å². The normalized spacial score (nSPS) is 19.2. The molecule has 0 saturated heterocycles. The molecule has 148 valence electrons. The minimum Gasteiger partial charge on any atom is -0.497 e. The highest BCUT2D eigenvalue weighted by Crippen LogP contribution is 2.43. The molecule has 0 heterocycles. The fraction of sp³-hybridized carbons (Fsp3) is 0.364. The highest BCUT2D eigenvalue weighted by molar-refractivity contribution is 6.31. The Morgan fingerprint density at radius 1 is 1.11 bits per heavy atom. The van der Waals surface area contributed by atoms with Crippen LogP contribution in [0.4, 0.5) is 0 Å². The van der Waals surface area contributed by atoms with Crippen molar-refractivity contribution in [2.75, 3.05) is 21.3 Å². The summed E-state index contributed by atoms with van der Waals surface area (Å²) >= 11 is 6.47. The Kier molecular flexibility index (Phi) is 5.94. The van der Waals surface area contributed by atoms with Crippen LogP contribution in [-0.2, 0) is 10.3 Å². The Morgan fingerprint density at radius 2 is 1.86 bits per heavy atom. The number of rotatable bonds is 5. The number of methoxy groups -OCH3 is 2. The van der Waals surface area contributed by atoms with Crippen LogP contribution in [0.2, 0.25) is 5.02 Å². The molecule has 1 aliphatic rings. The monoisotopic (exact) mass is 401 g/mol. The van der Waals surface area contributed by atoms with Crippen molar-refractivity contribution < 1.29 is 19.1 Å². The van der Waals surface area contributed by atoms with Crippen molar-refractivity contribution in [3.8, 4) is 11.5 Å². The number of carbonyl (C=O) groups is 2. The van der Waals surface area contributed by atoms with Crippen LogP contribution in [0.3, 0.4) is 0 Å². The Morgan fingerprint density at radius 3 is 2.50 bits per heavy atom. The summed E-state index contributed by atoms with van der Waals surface area (Å²) in [6, 6.07) is 12.3. The predicted molar refractivity (Wildman–Crippen MR) is 108 cm³/mol. The first-order valence-corrected chi connectivity index (χ1v) is 9.62. The summed E-state index contributed by atoms with van der Waals surface area (Å²) in [5.74, 6) is 0.698. The lowest BCUT2D eigenvalue weighted by Gasteiger charge is -2.44. The SMILES string of the molecule is COc1ccc(C(=O)N(C)C2(c3ccccc3Cl)CCCCC2=O)c(OC)c1. The Hall–Kier alpha value is -2.53. The summed E-state index contributed by atoms with van der Waals surface area (Å²) in [5, 5.41) is 0.485. The third-order valence-electron chi connectivity index (χ3n) is 5.49. The van der Waals surface area contributed by atoms with E-state index in [9.17, 15) is 9.59 Å². The first kappa shape index (κ1) is 20.2. The zero-order valence-corrected chi connectivity index (χ0v) is 17.1. The van der Waals surface area contributed by atoms with Crippen molar-refractivity contribution in [3.05, 3.63) is 58.6 Å². The van der Waals surface area contributed by atoms with Crippen molar-refractivity contribution >= 4 is 23.3 Å². The largest absolute Gasteiger partial charge is 0.497 e. The molecular formula is C22H24ClNO4. The van der Waals surface area contributed by atoms with Crippen LogP contribution >= 0.6 is 11.6 Å². The van der Waals surface area contributed by atoms with Gasteiger partial charge < -0.3 is 14.4 Å². The molecular weight excluding hydrogens is 378 g/mol. The number of benzene rings is 2. The van der Waals surface area contributed by atoms with Gasteiger partial charge in [0.2, 0.25) is 0 Å². The van der Waals surface area contributed by atoms with E-state index in [1.54, 1.807) is 38.4 Å².